The fourth-order valence-electron chi connectivity index (χ4n) is 1.11. The van der Waals surface area contributed by atoms with Crippen molar-refractivity contribution < 1.29 is 9.59 Å². The lowest BCUT2D eigenvalue weighted by Crippen LogP contribution is -2.49. The maximum Gasteiger partial charge on any atom is 0.289 e. The maximum absolute atomic E-state index is 11.8. The van der Waals surface area contributed by atoms with Gasteiger partial charge in [0, 0.05) is 12.4 Å². The first-order valence-electron chi connectivity index (χ1n) is 5.27. The topological polar surface area (TPSA) is 110 Å². The van der Waals surface area contributed by atoms with Crippen molar-refractivity contribution in [3.8, 4) is 0 Å². The Bertz CT molecular complexity index is 477. The Morgan fingerprint density at radius 1 is 1.33 bits per heavy atom. The van der Waals surface area contributed by atoms with Crippen LogP contribution >= 0.6 is 0 Å². The predicted molar refractivity (Wildman–Crippen MR) is 65.9 cm³/mol. The van der Waals surface area contributed by atoms with E-state index in [1.54, 1.807) is 6.07 Å². The molecule has 1 heterocycles. The molecule has 0 aliphatic carbocycles. The second kappa shape index (κ2) is 5.35. The Morgan fingerprint density at radius 2 is 1.89 bits per heavy atom. The van der Waals surface area contributed by atoms with Gasteiger partial charge in [0.25, 0.3) is 11.8 Å². The van der Waals surface area contributed by atoms with Gasteiger partial charge in [0.2, 0.25) is 5.82 Å². The summed E-state index contributed by atoms with van der Waals surface area (Å²) in [4.78, 5) is 34.7. The first kappa shape index (κ1) is 13.8. The fourth-order valence-corrected chi connectivity index (χ4v) is 1.11. The molecule has 3 N–H and O–H groups in total. The van der Waals surface area contributed by atoms with Crippen molar-refractivity contribution in [3.05, 3.63) is 24.3 Å². The Kier molecular flexibility index (Phi) is 4.09. The van der Waals surface area contributed by atoms with Crippen molar-refractivity contribution in [2.24, 2.45) is 10.7 Å². The van der Waals surface area contributed by atoms with Crippen molar-refractivity contribution in [1.82, 2.24) is 15.3 Å². The van der Waals surface area contributed by atoms with Crippen molar-refractivity contribution in [3.63, 3.8) is 0 Å². The van der Waals surface area contributed by atoms with Gasteiger partial charge in [-0.1, -0.05) is 0 Å². The van der Waals surface area contributed by atoms with E-state index in [2.05, 4.69) is 20.3 Å². The molecule has 0 aromatic carbocycles. The highest BCUT2D eigenvalue weighted by atomic mass is 16.2. The molecule has 0 bridgehead atoms. The maximum atomic E-state index is 11.8. The van der Waals surface area contributed by atoms with Gasteiger partial charge < -0.3 is 11.1 Å². The van der Waals surface area contributed by atoms with Crippen LogP contribution in [0.2, 0.25) is 0 Å². The second-order valence-electron chi connectivity index (χ2n) is 4.21. The van der Waals surface area contributed by atoms with Gasteiger partial charge in [0.15, 0.2) is 0 Å². The van der Waals surface area contributed by atoms with E-state index in [1.165, 1.54) is 33.2 Å². The van der Waals surface area contributed by atoms with Gasteiger partial charge >= 0.3 is 0 Å². The van der Waals surface area contributed by atoms with E-state index in [9.17, 15) is 9.59 Å². The summed E-state index contributed by atoms with van der Waals surface area (Å²) in [5.74, 6) is -0.948. The van der Waals surface area contributed by atoms with E-state index in [0.717, 1.165) is 0 Å². The standard InChI is InChI=1S/C11H15N5O2/c1-7(12)15-10(18)11(2,3)16-9(17)8-13-5-4-6-14-8/h4-6H,1-3H3,(H,16,17)(H2,12,15,18). The first-order valence-corrected chi connectivity index (χ1v) is 5.27. The summed E-state index contributed by atoms with van der Waals surface area (Å²) in [5.41, 5.74) is 4.15. The summed E-state index contributed by atoms with van der Waals surface area (Å²) < 4.78 is 0. The van der Waals surface area contributed by atoms with E-state index in [-0.39, 0.29) is 11.7 Å². The SMILES string of the molecule is CC(N)=NC(=O)C(C)(C)NC(=O)c1ncccn1. The van der Waals surface area contributed by atoms with Crippen LogP contribution in [0.5, 0.6) is 0 Å². The molecule has 0 saturated heterocycles. The minimum Gasteiger partial charge on any atom is -0.387 e. The molecule has 0 aliphatic heterocycles. The van der Waals surface area contributed by atoms with Crippen LogP contribution in [0.15, 0.2) is 23.5 Å². The first-order chi connectivity index (χ1) is 8.33. The number of nitrogens with two attached hydrogens (primary N) is 1. The third-order valence-electron chi connectivity index (χ3n) is 2.01. The van der Waals surface area contributed by atoms with Crippen molar-refractivity contribution in [2.75, 3.05) is 0 Å². The van der Waals surface area contributed by atoms with Crippen LogP contribution in [0, 0.1) is 0 Å². The Morgan fingerprint density at radius 3 is 2.39 bits per heavy atom. The van der Waals surface area contributed by atoms with Crippen molar-refractivity contribution >= 4 is 17.6 Å². The summed E-state index contributed by atoms with van der Waals surface area (Å²) in [7, 11) is 0. The molecule has 1 rings (SSSR count). The number of rotatable bonds is 3. The van der Waals surface area contributed by atoms with Crippen LogP contribution in [0.25, 0.3) is 0 Å². The molecule has 2 amide bonds. The predicted octanol–water partition coefficient (Wildman–Crippen LogP) is -0.111. The summed E-state index contributed by atoms with van der Waals surface area (Å²) in [6.45, 7) is 4.56. The van der Waals surface area contributed by atoms with E-state index in [1.807, 2.05) is 0 Å². The highest BCUT2D eigenvalue weighted by molar-refractivity contribution is 6.00. The summed E-state index contributed by atoms with van der Waals surface area (Å²) in [6, 6.07) is 1.59. The van der Waals surface area contributed by atoms with Crippen LogP contribution < -0.4 is 11.1 Å². The minimum atomic E-state index is -1.17. The molecule has 0 saturated carbocycles. The lowest BCUT2D eigenvalue weighted by atomic mass is 10.0. The molecule has 7 heteroatoms. The van der Waals surface area contributed by atoms with Crippen molar-refractivity contribution in [2.45, 2.75) is 26.3 Å². The minimum absolute atomic E-state index is 0.00757. The summed E-state index contributed by atoms with van der Waals surface area (Å²) in [5, 5.41) is 2.50. The average Bonchev–Trinajstić information content (AvgIpc) is 2.28. The quantitative estimate of drug-likeness (QED) is 0.573. The number of aliphatic imine (C=N–C) groups is 1. The van der Waals surface area contributed by atoms with Gasteiger partial charge in [-0.05, 0) is 26.8 Å². The number of aromatic nitrogens is 2. The lowest BCUT2D eigenvalue weighted by Gasteiger charge is -2.21. The monoisotopic (exact) mass is 249 g/mol. The number of carbonyl (C=O) groups is 2. The molecule has 96 valence electrons. The van der Waals surface area contributed by atoms with Crippen LogP contribution in [-0.2, 0) is 4.79 Å². The molecule has 0 aliphatic rings. The number of amidine groups is 1. The zero-order valence-corrected chi connectivity index (χ0v) is 10.5. The van der Waals surface area contributed by atoms with E-state index in [0.29, 0.717) is 0 Å². The highest BCUT2D eigenvalue weighted by Gasteiger charge is 2.30. The van der Waals surface area contributed by atoms with E-state index >= 15 is 0 Å². The smallest absolute Gasteiger partial charge is 0.289 e. The summed E-state index contributed by atoms with van der Waals surface area (Å²) in [6.07, 6.45) is 2.89. The molecule has 7 nitrogen and oxygen atoms in total. The van der Waals surface area contributed by atoms with Crippen LogP contribution in [0.3, 0.4) is 0 Å². The lowest BCUT2D eigenvalue weighted by molar-refractivity contribution is -0.122. The van der Waals surface area contributed by atoms with Gasteiger partial charge in [-0.15, -0.1) is 0 Å². The largest absolute Gasteiger partial charge is 0.387 e. The zero-order chi connectivity index (χ0) is 13.8. The average molecular weight is 249 g/mol. The number of hydrogen-bond acceptors (Lipinski definition) is 4. The van der Waals surface area contributed by atoms with Gasteiger partial charge in [0.1, 0.15) is 5.54 Å². The molecule has 0 spiro atoms. The van der Waals surface area contributed by atoms with E-state index in [4.69, 9.17) is 5.73 Å². The number of carbonyl (C=O) groups excluding carboxylic acids is 2. The molecular formula is C11H15N5O2. The third kappa shape index (κ3) is 3.62. The van der Waals surface area contributed by atoms with Gasteiger partial charge in [-0.3, -0.25) is 9.59 Å². The Balaban J connectivity index is 2.81. The van der Waals surface area contributed by atoms with Crippen molar-refractivity contribution in [1.29, 1.82) is 0 Å². The highest BCUT2D eigenvalue weighted by Crippen LogP contribution is 2.06. The Labute approximate surface area is 105 Å². The molecule has 1 aromatic heterocycles. The normalized spacial score (nSPS) is 12.1. The fraction of sp³-hybridized carbons (Fsp3) is 0.364. The molecule has 1 aromatic rings. The molecule has 0 atom stereocenters. The zero-order valence-electron chi connectivity index (χ0n) is 10.5. The molecule has 0 radical (unpaired) electrons. The van der Waals surface area contributed by atoms with Crippen LogP contribution in [-0.4, -0.2) is 33.2 Å². The number of amides is 2. The summed E-state index contributed by atoms with van der Waals surface area (Å²) >= 11 is 0. The number of hydrogen-bond donors (Lipinski definition) is 2. The van der Waals surface area contributed by atoms with Crippen LogP contribution in [0.1, 0.15) is 31.4 Å². The molecule has 18 heavy (non-hydrogen) atoms. The third-order valence-corrected chi connectivity index (χ3v) is 2.01. The van der Waals surface area contributed by atoms with Crippen LogP contribution in [0.4, 0.5) is 0 Å². The second-order valence-corrected chi connectivity index (χ2v) is 4.21. The molecule has 0 unspecified atom stereocenters. The number of nitrogens with one attached hydrogen (secondary N) is 1. The van der Waals surface area contributed by atoms with Gasteiger partial charge in [0.05, 0.1) is 5.84 Å². The van der Waals surface area contributed by atoms with Gasteiger partial charge in [-0.25, -0.2) is 9.97 Å². The molecule has 0 fully saturated rings. The Hall–Kier alpha value is -2.31. The molecular weight excluding hydrogens is 234 g/mol. The van der Waals surface area contributed by atoms with Gasteiger partial charge in [-0.2, -0.15) is 4.99 Å². The van der Waals surface area contributed by atoms with E-state index < -0.39 is 17.4 Å². The number of nitrogens with zero attached hydrogens (tertiary/aromatic N) is 3.